The Hall–Kier alpha value is -1.11. The van der Waals surface area contributed by atoms with E-state index in [1.807, 2.05) is 19.2 Å². The van der Waals surface area contributed by atoms with Crippen LogP contribution in [0.1, 0.15) is 6.42 Å². The SMILES string of the molecule is CNC1CCN(c2ccc(S(=O)(=O)N(C)C)cc2)C1. The summed E-state index contributed by atoms with van der Waals surface area (Å²) >= 11 is 0. The molecular weight excluding hydrogens is 262 g/mol. The number of nitrogens with zero attached hydrogens (tertiary/aromatic N) is 2. The van der Waals surface area contributed by atoms with Crippen LogP contribution in [0, 0.1) is 0 Å². The van der Waals surface area contributed by atoms with E-state index in [-0.39, 0.29) is 0 Å². The molecule has 1 fully saturated rings. The van der Waals surface area contributed by atoms with Gasteiger partial charge >= 0.3 is 0 Å². The quantitative estimate of drug-likeness (QED) is 0.885. The normalized spacial score (nSPS) is 20.2. The van der Waals surface area contributed by atoms with Gasteiger partial charge in [-0.2, -0.15) is 0 Å². The Bertz CT molecular complexity index is 525. The molecule has 0 radical (unpaired) electrons. The standard InChI is InChI=1S/C13H21N3O2S/c1-14-11-8-9-16(10-11)12-4-6-13(7-5-12)19(17,18)15(2)3/h4-7,11,14H,8-10H2,1-3H3. The number of rotatable bonds is 4. The van der Waals surface area contributed by atoms with E-state index in [2.05, 4.69) is 10.2 Å². The number of benzene rings is 1. The van der Waals surface area contributed by atoms with Crippen LogP contribution < -0.4 is 10.2 Å². The van der Waals surface area contributed by atoms with Crippen molar-refractivity contribution in [1.29, 1.82) is 0 Å². The van der Waals surface area contributed by atoms with E-state index in [0.29, 0.717) is 10.9 Å². The van der Waals surface area contributed by atoms with Gasteiger partial charge in [0.2, 0.25) is 10.0 Å². The van der Waals surface area contributed by atoms with Gasteiger partial charge in [-0.1, -0.05) is 0 Å². The highest BCUT2D eigenvalue weighted by atomic mass is 32.2. The van der Waals surface area contributed by atoms with Gasteiger partial charge in [0.1, 0.15) is 0 Å². The Labute approximate surface area is 115 Å². The molecule has 0 bridgehead atoms. The van der Waals surface area contributed by atoms with Crippen LogP contribution in [0.15, 0.2) is 29.2 Å². The molecule has 1 aromatic carbocycles. The maximum absolute atomic E-state index is 12.0. The second-order valence-corrected chi connectivity index (χ2v) is 7.15. The van der Waals surface area contributed by atoms with E-state index in [0.717, 1.165) is 25.2 Å². The average Bonchev–Trinajstić information content (AvgIpc) is 2.87. The minimum atomic E-state index is -3.33. The maximum Gasteiger partial charge on any atom is 0.242 e. The zero-order chi connectivity index (χ0) is 14.0. The van der Waals surface area contributed by atoms with E-state index in [1.54, 1.807) is 26.2 Å². The number of hydrogen-bond donors (Lipinski definition) is 1. The van der Waals surface area contributed by atoms with Crippen molar-refractivity contribution >= 4 is 15.7 Å². The van der Waals surface area contributed by atoms with Crippen LogP contribution in [-0.4, -0.2) is 53.0 Å². The first kappa shape index (κ1) is 14.3. The predicted molar refractivity (Wildman–Crippen MR) is 77.0 cm³/mol. The molecule has 0 aromatic heterocycles. The Morgan fingerprint density at radius 1 is 1.26 bits per heavy atom. The van der Waals surface area contributed by atoms with Crippen molar-refractivity contribution in [3.63, 3.8) is 0 Å². The molecule has 0 amide bonds. The maximum atomic E-state index is 12.0. The fourth-order valence-corrected chi connectivity index (χ4v) is 3.17. The molecule has 1 saturated heterocycles. The van der Waals surface area contributed by atoms with Crippen molar-refractivity contribution in [1.82, 2.24) is 9.62 Å². The van der Waals surface area contributed by atoms with Crippen molar-refractivity contribution in [2.75, 3.05) is 39.1 Å². The summed E-state index contributed by atoms with van der Waals surface area (Å²) in [7, 11) is 1.73. The molecule has 1 aromatic rings. The third kappa shape index (κ3) is 2.91. The van der Waals surface area contributed by atoms with Gasteiger partial charge in [0, 0.05) is 38.9 Å². The van der Waals surface area contributed by atoms with Crippen molar-refractivity contribution < 1.29 is 8.42 Å². The lowest BCUT2D eigenvalue weighted by Crippen LogP contribution is -2.29. The first-order valence-corrected chi connectivity index (χ1v) is 7.84. The monoisotopic (exact) mass is 283 g/mol. The predicted octanol–water partition coefficient (Wildman–Crippen LogP) is 0.735. The van der Waals surface area contributed by atoms with Crippen LogP contribution in [0.2, 0.25) is 0 Å². The summed E-state index contributed by atoms with van der Waals surface area (Å²) in [6.07, 6.45) is 1.12. The lowest BCUT2D eigenvalue weighted by molar-refractivity contribution is 0.521. The van der Waals surface area contributed by atoms with Crippen molar-refractivity contribution in [3.05, 3.63) is 24.3 Å². The highest BCUT2D eigenvalue weighted by Crippen LogP contribution is 2.23. The van der Waals surface area contributed by atoms with Crippen molar-refractivity contribution in [2.45, 2.75) is 17.4 Å². The van der Waals surface area contributed by atoms with E-state index < -0.39 is 10.0 Å². The van der Waals surface area contributed by atoms with Gasteiger partial charge in [0.15, 0.2) is 0 Å². The molecule has 1 atom stereocenters. The molecule has 1 N–H and O–H groups in total. The van der Waals surface area contributed by atoms with E-state index in [4.69, 9.17) is 0 Å². The molecule has 0 saturated carbocycles. The van der Waals surface area contributed by atoms with Crippen LogP contribution >= 0.6 is 0 Å². The lowest BCUT2D eigenvalue weighted by atomic mass is 10.3. The summed E-state index contributed by atoms with van der Waals surface area (Å²) in [6.45, 7) is 1.97. The van der Waals surface area contributed by atoms with Gasteiger partial charge < -0.3 is 10.2 Å². The second kappa shape index (κ2) is 5.48. The summed E-state index contributed by atoms with van der Waals surface area (Å²) in [6, 6.07) is 7.64. The van der Waals surface area contributed by atoms with Gasteiger partial charge in [-0.05, 0) is 37.7 Å². The number of anilines is 1. The molecular formula is C13H21N3O2S. The molecule has 6 heteroatoms. The van der Waals surface area contributed by atoms with Crippen molar-refractivity contribution in [3.8, 4) is 0 Å². The Kier molecular flexibility index (Phi) is 4.13. The van der Waals surface area contributed by atoms with E-state index in [9.17, 15) is 8.42 Å². The smallest absolute Gasteiger partial charge is 0.242 e. The summed E-state index contributed by atoms with van der Waals surface area (Å²) in [4.78, 5) is 2.61. The Morgan fingerprint density at radius 2 is 1.89 bits per heavy atom. The molecule has 5 nitrogen and oxygen atoms in total. The lowest BCUT2D eigenvalue weighted by Gasteiger charge is -2.19. The fourth-order valence-electron chi connectivity index (χ4n) is 2.27. The molecule has 1 heterocycles. The zero-order valence-corrected chi connectivity index (χ0v) is 12.4. The Balaban J connectivity index is 2.16. The van der Waals surface area contributed by atoms with Crippen molar-refractivity contribution in [2.24, 2.45) is 0 Å². The zero-order valence-electron chi connectivity index (χ0n) is 11.6. The van der Waals surface area contributed by atoms with Crippen LogP contribution in [-0.2, 0) is 10.0 Å². The molecule has 106 valence electrons. The third-order valence-corrected chi connectivity index (χ3v) is 5.41. The second-order valence-electron chi connectivity index (χ2n) is 5.00. The van der Waals surface area contributed by atoms with E-state index in [1.165, 1.54) is 4.31 Å². The molecule has 0 aliphatic carbocycles. The summed E-state index contributed by atoms with van der Waals surface area (Å²) in [5.74, 6) is 0. The molecule has 1 aliphatic heterocycles. The Morgan fingerprint density at radius 3 is 2.37 bits per heavy atom. The number of likely N-dealkylation sites (N-methyl/N-ethyl adjacent to an activating group) is 1. The molecule has 1 unspecified atom stereocenters. The minimum Gasteiger partial charge on any atom is -0.370 e. The number of hydrogen-bond acceptors (Lipinski definition) is 4. The van der Waals surface area contributed by atoms with E-state index >= 15 is 0 Å². The molecule has 1 aliphatic rings. The molecule has 0 spiro atoms. The third-order valence-electron chi connectivity index (χ3n) is 3.58. The highest BCUT2D eigenvalue weighted by Gasteiger charge is 2.22. The first-order chi connectivity index (χ1) is 8.95. The summed E-state index contributed by atoms with van der Waals surface area (Å²) in [5, 5.41) is 3.27. The van der Waals surface area contributed by atoms with Crippen LogP contribution in [0.4, 0.5) is 5.69 Å². The minimum absolute atomic E-state index is 0.339. The van der Waals surface area contributed by atoms with Gasteiger partial charge in [-0.3, -0.25) is 0 Å². The van der Waals surface area contributed by atoms with Gasteiger partial charge in [-0.25, -0.2) is 12.7 Å². The summed E-state index contributed by atoms with van der Waals surface area (Å²) in [5.41, 5.74) is 1.08. The summed E-state index contributed by atoms with van der Waals surface area (Å²) < 4.78 is 25.2. The van der Waals surface area contributed by atoms with Gasteiger partial charge in [0.05, 0.1) is 4.90 Å². The average molecular weight is 283 g/mol. The molecule has 2 rings (SSSR count). The fraction of sp³-hybridized carbons (Fsp3) is 0.538. The highest BCUT2D eigenvalue weighted by molar-refractivity contribution is 7.89. The van der Waals surface area contributed by atoms with Gasteiger partial charge in [0.25, 0.3) is 0 Å². The number of nitrogens with one attached hydrogen (secondary N) is 1. The first-order valence-electron chi connectivity index (χ1n) is 6.40. The van der Waals surface area contributed by atoms with Gasteiger partial charge in [-0.15, -0.1) is 0 Å². The largest absolute Gasteiger partial charge is 0.370 e. The number of sulfonamides is 1. The van der Waals surface area contributed by atoms with Crippen LogP contribution in [0.5, 0.6) is 0 Å². The topological polar surface area (TPSA) is 52.7 Å². The molecule has 19 heavy (non-hydrogen) atoms. The van der Waals surface area contributed by atoms with Crippen LogP contribution in [0.25, 0.3) is 0 Å². The van der Waals surface area contributed by atoms with Crippen LogP contribution in [0.3, 0.4) is 0 Å².